The van der Waals surface area contributed by atoms with E-state index in [9.17, 15) is 4.79 Å². The van der Waals surface area contributed by atoms with E-state index in [1.165, 1.54) is 38.5 Å². The van der Waals surface area contributed by atoms with Crippen molar-refractivity contribution in [2.45, 2.75) is 89.9 Å². The quantitative estimate of drug-likeness (QED) is 0.476. The molecule has 2 heterocycles. The van der Waals surface area contributed by atoms with Crippen LogP contribution in [0.25, 0.3) is 0 Å². The molecule has 5 nitrogen and oxygen atoms in total. The van der Waals surface area contributed by atoms with Crippen LogP contribution < -0.4 is 0 Å². The first-order valence-corrected chi connectivity index (χ1v) is 10.2. The SMILES string of the molecule is CCCCCCOC[C@H]1C(CCCCO[C@H](C)C(=O)O)[C@H]2CC[C@@H]1O2. The van der Waals surface area contributed by atoms with Gasteiger partial charge in [-0.3, -0.25) is 0 Å². The van der Waals surface area contributed by atoms with Gasteiger partial charge < -0.3 is 19.3 Å². The molecule has 1 unspecified atom stereocenters. The maximum Gasteiger partial charge on any atom is 0.332 e. The Morgan fingerprint density at radius 2 is 1.80 bits per heavy atom. The van der Waals surface area contributed by atoms with Crippen molar-refractivity contribution >= 4 is 5.97 Å². The largest absolute Gasteiger partial charge is 0.479 e. The van der Waals surface area contributed by atoms with E-state index in [0.717, 1.165) is 32.5 Å². The molecule has 2 aliphatic rings. The Labute approximate surface area is 152 Å². The lowest BCUT2D eigenvalue weighted by atomic mass is 9.77. The molecular formula is C20H36O5. The normalized spacial score (nSPS) is 29.2. The lowest BCUT2D eigenvalue weighted by Crippen LogP contribution is -2.31. The summed E-state index contributed by atoms with van der Waals surface area (Å²) < 4.78 is 17.4. The summed E-state index contributed by atoms with van der Waals surface area (Å²) in [5.74, 6) is 0.257. The summed E-state index contributed by atoms with van der Waals surface area (Å²) in [5.41, 5.74) is 0. The van der Waals surface area contributed by atoms with Gasteiger partial charge in [0.2, 0.25) is 0 Å². The standard InChI is InChI=1S/C20H36O5/c1-3-4-5-7-12-23-14-17-16(18-10-11-19(17)25-18)9-6-8-13-24-15(2)20(21)22/h15-19H,3-14H2,1-2H3,(H,21,22)/t15-,16?,17+,18-,19+/m1/s1. The molecule has 2 aliphatic heterocycles. The van der Waals surface area contributed by atoms with E-state index in [1.807, 2.05) is 0 Å². The van der Waals surface area contributed by atoms with Gasteiger partial charge in [-0.1, -0.05) is 32.6 Å². The third kappa shape index (κ3) is 6.54. The van der Waals surface area contributed by atoms with E-state index in [1.54, 1.807) is 6.92 Å². The third-order valence-corrected chi connectivity index (χ3v) is 5.69. The van der Waals surface area contributed by atoms with Crippen LogP contribution in [0.2, 0.25) is 0 Å². The zero-order valence-electron chi connectivity index (χ0n) is 16.0. The summed E-state index contributed by atoms with van der Waals surface area (Å²) in [4.78, 5) is 10.7. The van der Waals surface area contributed by atoms with E-state index in [0.29, 0.717) is 30.7 Å². The van der Waals surface area contributed by atoms with Crippen LogP contribution in [0.1, 0.15) is 71.6 Å². The second-order valence-corrected chi connectivity index (χ2v) is 7.60. The van der Waals surface area contributed by atoms with Crippen molar-refractivity contribution in [2.75, 3.05) is 19.8 Å². The Morgan fingerprint density at radius 3 is 2.52 bits per heavy atom. The van der Waals surface area contributed by atoms with Crippen LogP contribution in [0.4, 0.5) is 0 Å². The molecule has 146 valence electrons. The summed E-state index contributed by atoms with van der Waals surface area (Å²) in [6.07, 6.45) is 10.6. The minimum absolute atomic E-state index is 0.397. The smallest absolute Gasteiger partial charge is 0.332 e. The minimum Gasteiger partial charge on any atom is -0.479 e. The number of hydrogen-bond donors (Lipinski definition) is 1. The van der Waals surface area contributed by atoms with Gasteiger partial charge in [-0.2, -0.15) is 0 Å². The van der Waals surface area contributed by atoms with Gasteiger partial charge in [-0.05, 0) is 44.9 Å². The first-order valence-electron chi connectivity index (χ1n) is 10.2. The number of fused-ring (bicyclic) bond motifs is 2. The maximum absolute atomic E-state index is 10.7. The highest BCUT2D eigenvalue weighted by atomic mass is 16.5. The number of aliphatic carboxylic acids is 1. The highest BCUT2D eigenvalue weighted by Gasteiger charge is 2.48. The van der Waals surface area contributed by atoms with Crippen LogP contribution in [-0.4, -0.2) is 49.2 Å². The predicted molar refractivity (Wildman–Crippen MR) is 96.7 cm³/mol. The molecule has 0 radical (unpaired) electrons. The molecule has 1 N–H and O–H groups in total. The monoisotopic (exact) mass is 356 g/mol. The summed E-state index contributed by atoms with van der Waals surface area (Å²) in [5, 5.41) is 8.81. The molecule has 0 aromatic rings. The fourth-order valence-electron chi connectivity index (χ4n) is 4.17. The fourth-order valence-corrected chi connectivity index (χ4v) is 4.17. The average Bonchev–Trinajstić information content (AvgIpc) is 3.19. The molecule has 25 heavy (non-hydrogen) atoms. The molecule has 2 rings (SSSR count). The first-order chi connectivity index (χ1) is 12.1. The van der Waals surface area contributed by atoms with E-state index in [2.05, 4.69) is 6.92 Å². The van der Waals surface area contributed by atoms with Crippen molar-refractivity contribution in [1.82, 2.24) is 0 Å². The van der Waals surface area contributed by atoms with Crippen molar-refractivity contribution in [3.05, 3.63) is 0 Å². The van der Waals surface area contributed by atoms with Crippen molar-refractivity contribution in [2.24, 2.45) is 11.8 Å². The predicted octanol–water partition coefficient (Wildman–Crippen LogP) is 4.04. The Kier molecular flexibility index (Phi) is 9.21. The van der Waals surface area contributed by atoms with Gasteiger partial charge in [0.15, 0.2) is 6.10 Å². The number of hydrogen-bond acceptors (Lipinski definition) is 4. The number of carbonyl (C=O) groups is 1. The number of carboxylic acid groups (broad SMARTS) is 1. The van der Waals surface area contributed by atoms with Crippen LogP contribution in [0.15, 0.2) is 0 Å². The van der Waals surface area contributed by atoms with Crippen molar-refractivity contribution in [3.8, 4) is 0 Å². The van der Waals surface area contributed by atoms with Crippen molar-refractivity contribution in [1.29, 1.82) is 0 Å². The fraction of sp³-hybridized carbons (Fsp3) is 0.950. The van der Waals surface area contributed by atoms with Gasteiger partial charge in [0.25, 0.3) is 0 Å². The Balaban J connectivity index is 1.61. The summed E-state index contributed by atoms with van der Waals surface area (Å²) >= 11 is 0. The maximum atomic E-state index is 10.7. The first kappa shape index (κ1) is 20.7. The van der Waals surface area contributed by atoms with Gasteiger partial charge >= 0.3 is 5.97 Å². The molecule has 0 saturated carbocycles. The lowest BCUT2D eigenvalue weighted by molar-refractivity contribution is -0.149. The molecule has 0 aromatic carbocycles. The topological polar surface area (TPSA) is 65.0 Å². The molecule has 5 heteroatoms. The van der Waals surface area contributed by atoms with Gasteiger partial charge in [-0.25, -0.2) is 4.79 Å². The second kappa shape index (κ2) is 11.1. The number of rotatable bonds is 14. The Hall–Kier alpha value is -0.650. The molecule has 0 spiro atoms. The lowest BCUT2D eigenvalue weighted by Gasteiger charge is -2.28. The number of carboxylic acids is 1. The van der Waals surface area contributed by atoms with Crippen LogP contribution in [-0.2, 0) is 19.0 Å². The van der Waals surface area contributed by atoms with Crippen LogP contribution >= 0.6 is 0 Å². The summed E-state index contributed by atoms with van der Waals surface area (Å²) in [7, 11) is 0. The van der Waals surface area contributed by atoms with Crippen LogP contribution in [0.5, 0.6) is 0 Å². The molecule has 5 atom stereocenters. The van der Waals surface area contributed by atoms with Crippen molar-refractivity contribution in [3.63, 3.8) is 0 Å². The highest BCUT2D eigenvalue weighted by molar-refractivity contribution is 5.71. The molecule has 2 fully saturated rings. The summed E-state index contributed by atoms with van der Waals surface area (Å²) in [6.45, 7) is 6.05. The van der Waals surface area contributed by atoms with Gasteiger partial charge in [0.05, 0.1) is 18.8 Å². The molecule has 0 amide bonds. The zero-order chi connectivity index (χ0) is 18.1. The third-order valence-electron chi connectivity index (χ3n) is 5.69. The van der Waals surface area contributed by atoms with Gasteiger partial charge in [-0.15, -0.1) is 0 Å². The van der Waals surface area contributed by atoms with Crippen molar-refractivity contribution < 1.29 is 24.1 Å². The molecule has 2 bridgehead atoms. The molecular weight excluding hydrogens is 320 g/mol. The van der Waals surface area contributed by atoms with E-state index >= 15 is 0 Å². The van der Waals surface area contributed by atoms with E-state index < -0.39 is 12.1 Å². The molecule has 0 aromatic heterocycles. The van der Waals surface area contributed by atoms with E-state index in [-0.39, 0.29) is 0 Å². The average molecular weight is 357 g/mol. The molecule has 2 saturated heterocycles. The Bertz CT molecular complexity index is 386. The van der Waals surface area contributed by atoms with Gasteiger partial charge in [0.1, 0.15) is 0 Å². The highest BCUT2D eigenvalue weighted by Crippen LogP contribution is 2.45. The minimum atomic E-state index is -0.891. The van der Waals surface area contributed by atoms with Gasteiger partial charge in [0, 0.05) is 19.1 Å². The second-order valence-electron chi connectivity index (χ2n) is 7.60. The van der Waals surface area contributed by atoms with Crippen LogP contribution in [0.3, 0.4) is 0 Å². The number of unbranched alkanes of at least 4 members (excludes halogenated alkanes) is 4. The molecule has 0 aliphatic carbocycles. The zero-order valence-corrected chi connectivity index (χ0v) is 16.0. The van der Waals surface area contributed by atoms with E-state index in [4.69, 9.17) is 19.3 Å². The summed E-state index contributed by atoms with van der Waals surface area (Å²) in [6, 6.07) is 0. The van der Waals surface area contributed by atoms with Crippen LogP contribution in [0, 0.1) is 11.8 Å². The Morgan fingerprint density at radius 1 is 1.08 bits per heavy atom. The number of ether oxygens (including phenoxy) is 3.